The Kier molecular flexibility index (Phi) is 4.09. The summed E-state index contributed by atoms with van der Waals surface area (Å²) in [6.45, 7) is 1.93. The highest BCUT2D eigenvalue weighted by Gasteiger charge is 2.44. The van der Waals surface area contributed by atoms with E-state index in [1.54, 1.807) is 0 Å². The van der Waals surface area contributed by atoms with Crippen LogP contribution in [-0.4, -0.2) is 23.9 Å². The molecule has 3 rings (SSSR count). The van der Waals surface area contributed by atoms with E-state index in [9.17, 15) is 4.79 Å². The standard InChI is InChI=1S/C18H25NO/c20-17(19-14-8-1-2-9-15-19)18(12-6-7-13-18)16-10-4-3-5-11-16/h3-5,10-11H,1-2,6-9,12-15H2. The van der Waals surface area contributed by atoms with E-state index >= 15 is 0 Å². The second-order valence-corrected chi connectivity index (χ2v) is 6.36. The van der Waals surface area contributed by atoms with Crippen molar-refractivity contribution in [3.05, 3.63) is 35.9 Å². The lowest BCUT2D eigenvalue weighted by Crippen LogP contribution is -2.45. The third kappa shape index (κ3) is 2.48. The van der Waals surface area contributed by atoms with Gasteiger partial charge >= 0.3 is 0 Å². The van der Waals surface area contributed by atoms with Gasteiger partial charge in [-0.3, -0.25) is 4.79 Å². The van der Waals surface area contributed by atoms with Gasteiger partial charge in [-0.05, 0) is 31.2 Å². The Morgan fingerprint density at radius 2 is 1.45 bits per heavy atom. The van der Waals surface area contributed by atoms with Crippen molar-refractivity contribution < 1.29 is 4.79 Å². The lowest BCUT2D eigenvalue weighted by atomic mass is 9.77. The van der Waals surface area contributed by atoms with Crippen molar-refractivity contribution in [3.63, 3.8) is 0 Å². The maximum Gasteiger partial charge on any atom is 0.233 e. The van der Waals surface area contributed by atoms with E-state index in [0.717, 1.165) is 25.9 Å². The zero-order valence-corrected chi connectivity index (χ0v) is 12.3. The molecular formula is C18H25NO. The molecule has 0 spiro atoms. The fourth-order valence-electron chi connectivity index (χ4n) is 3.94. The molecule has 0 N–H and O–H groups in total. The highest BCUT2D eigenvalue weighted by molar-refractivity contribution is 5.88. The molecule has 1 aromatic carbocycles. The Bertz CT molecular complexity index is 440. The Labute approximate surface area is 122 Å². The van der Waals surface area contributed by atoms with Crippen LogP contribution in [0.15, 0.2) is 30.3 Å². The molecule has 1 aliphatic heterocycles. The Morgan fingerprint density at radius 1 is 0.850 bits per heavy atom. The monoisotopic (exact) mass is 271 g/mol. The second-order valence-electron chi connectivity index (χ2n) is 6.36. The minimum Gasteiger partial charge on any atom is -0.342 e. The summed E-state index contributed by atoms with van der Waals surface area (Å²) in [4.78, 5) is 15.4. The smallest absolute Gasteiger partial charge is 0.233 e. The van der Waals surface area contributed by atoms with Crippen molar-refractivity contribution in [2.45, 2.75) is 56.8 Å². The van der Waals surface area contributed by atoms with Crippen LogP contribution in [0.4, 0.5) is 0 Å². The summed E-state index contributed by atoms with van der Waals surface area (Å²) in [6, 6.07) is 10.5. The fourth-order valence-corrected chi connectivity index (χ4v) is 3.94. The van der Waals surface area contributed by atoms with Gasteiger partial charge in [0.25, 0.3) is 0 Å². The van der Waals surface area contributed by atoms with Crippen molar-refractivity contribution in [2.24, 2.45) is 0 Å². The molecule has 2 aliphatic rings. The summed E-state index contributed by atoms with van der Waals surface area (Å²) in [7, 11) is 0. The van der Waals surface area contributed by atoms with Gasteiger partial charge in [0.2, 0.25) is 5.91 Å². The molecule has 0 atom stereocenters. The van der Waals surface area contributed by atoms with Crippen molar-refractivity contribution >= 4 is 5.91 Å². The first-order chi connectivity index (χ1) is 9.83. The quantitative estimate of drug-likeness (QED) is 0.799. The summed E-state index contributed by atoms with van der Waals surface area (Å²) in [5.74, 6) is 0.406. The number of rotatable bonds is 2. The third-order valence-electron chi connectivity index (χ3n) is 5.09. The maximum atomic E-state index is 13.2. The van der Waals surface area contributed by atoms with Gasteiger partial charge in [0.1, 0.15) is 0 Å². The molecule has 2 heteroatoms. The van der Waals surface area contributed by atoms with Crippen molar-refractivity contribution in [3.8, 4) is 0 Å². The first kappa shape index (κ1) is 13.7. The van der Waals surface area contributed by atoms with Crippen molar-refractivity contribution in [1.82, 2.24) is 4.90 Å². The number of likely N-dealkylation sites (tertiary alicyclic amines) is 1. The van der Waals surface area contributed by atoms with Gasteiger partial charge in [0, 0.05) is 13.1 Å². The van der Waals surface area contributed by atoms with E-state index in [-0.39, 0.29) is 5.41 Å². The molecule has 0 unspecified atom stereocenters. The molecule has 2 fully saturated rings. The van der Waals surface area contributed by atoms with Gasteiger partial charge in [-0.2, -0.15) is 0 Å². The fraction of sp³-hybridized carbons (Fsp3) is 0.611. The van der Waals surface area contributed by atoms with Crippen LogP contribution >= 0.6 is 0 Å². The Morgan fingerprint density at radius 3 is 2.05 bits per heavy atom. The molecule has 2 nitrogen and oxygen atoms in total. The van der Waals surface area contributed by atoms with Crippen LogP contribution in [0.3, 0.4) is 0 Å². The number of carbonyl (C=O) groups excluding carboxylic acids is 1. The molecule has 1 saturated heterocycles. The average Bonchev–Trinajstić information content (AvgIpc) is 2.84. The van der Waals surface area contributed by atoms with E-state index in [1.807, 2.05) is 6.07 Å². The van der Waals surface area contributed by atoms with Gasteiger partial charge < -0.3 is 4.90 Å². The van der Waals surface area contributed by atoms with Crippen molar-refractivity contribution in [2.75, 3.05) is 13.1 Å². The van der Waals surface area contributed by atoms with E-state index in [1.165, 1.54) is 44.1 Å². The minimum atomic E-state index is -0.217. The number of carbonyl (C=O) groups is 1. The molecule has 0 aromatic heterocycles. The summed E-state index contributed by atoms with van der Waals surface area (Å²) in [6.07, 6.45) is 9.36. The predicted octanol–water partition coefficient (Wildman–Crippen LogP) is 3.90. The van der Waals surface area contributed by atoms with Gasteiger partial charge in [0.15, 0.2) is 0 Å². The summed E-state index contributed by atoms with van der Waals surface area (Å²) in [5, 5.41) is 0. The van der Waals surface area contributed by atoms with Gasteiger partial charge in [-0.1, -0.05) is 56.0 Å². The SMILES string of the molecule is O=C(N1CCCCCC1)C1(c2ccccc2)CCCC1. The molecule has 1 saturated carbocycles. The predicted molar refractivity (Wildman–Crippen MR) is 81.6 cm³/mol. The lowest BCUT2D eigenvalue weighted by molar-refractivity contribution is -0.137. The molecule has 0 bridgehead atoms. The maximum absolute atomic E-state index is 13.2. The summed E-state index contributed by atoms with van der Waals surface area (Å²) < 4.78 is 0. The molecule has 1 aliphatic carbocycles. The van der Waals surface area contributed by atoms with E-state index < -0.39 is 0 Å². The number of hydrogen-bond acceptors (Lipinski definition) is 1. The highest BCUT2D eigenvalue weighted by atomic mass is 16.2. The molecule has 1 amide bonds. The number of amides is 1. The van der Waals surface area contributed by atoms with Gasteiger partial charge in [-0.25, -0.2) is 0 Å². The topological polar surface area (TPSA) is 20.3 Å². The molecular weight excluding hydrogens is 246 g/mol. The normalized spacial score (nSPS) is 22.5. The van der Waals surface area contributed by atoms with E-state index in [0.29, 0.717) is 5.91 Å². The van der Waals surface area contributed by atoms with Crippen LogP contribution in [0, 0.1) is 0 Å². The van der Waals surface area contributed by atoms with Crippen LogP contribution in [0.2, 0.25) is 0 Å². The molecule has 0 radical (unpaired) electrons. The zero-order chi connectivity index (χ0) is 13.8. The highest BCUT2D eigenvalue weighted by Crippen LogP contribution is 2.42. The van der Waals surface area contributed by atoms with Crippen LogP contribution in [0.5, 0.6) is 0 Å². The number of nitrogens with zero attached hydrogens (tertiary/aromatic N) is 1. The van der Waals surface area contributed by atoms with Crippen LogP contribution in [0.25, 0.3) is 0 Å². The molecule has 108 valence electrons. The van der Waals surface area contributed by atoms with Gasteiger partial charge in [0.05, 0.1) is 5.41 Å². The molecule has 1 heterocycles. The second kappa shape index (κ2) is 5.99. The van der Waals surface area contributed by atoms with Gasteiger partial charge in [-0.15, -0.1) is 0 Å². The van der Waals surface area contributed by atoms with E-state index in [4.69, 9.17) is 0 Å². The van der Waals surface area contributed by atoms with Crippen LogP contribution < -0.4 is 0 Å². The number of benzene rings is 1. The zero-order valence-electron chi connectivity index (χ0n) is 12.3. The minimum absolute atomic E-state index is 0.217. The summed E-state index contributed by atoms with van der Waals surface area (Å²) in [5.41, 5.74) is 1.03. The number of hydrogen-bond donors (Lipinski definition) is 0. The Balaban J connectivity index is 1.88. The lowest BCUT2D eigenvalue weighted by Gasteiger charge is -2.34. The summed E-state index contributed by atoms with van der Waals surface area (Å²) >= 11 is 0. The van der Waals surface area contributed by atoms with E-state index in [2.05, 4.69) is 29.2 Å². The average molecular weight is 271 g/mol. The van der Waals surface area contributed by atoms with Crippen LogP contribution in [-0.2, 0) is 10.2 Å². The molecule has 20 heavy (non-hydrogen) atoms. The first-order valence-corrected chi connectivity index (χ1v) is 8.18. The largest absolute Gasteiger partial charge is 0.342 e. The third-order valence-corrected chi connectivity index (χ3v) is 5.09. The first-order valence-electron chi connectivity index (χ1n) is 8.18. The van der Waals surface area contributed by atoms with Crippen molar-refractivity contribution in [1.29, 1.82) is 0 Å². The van der Waals surface area contributed by atoms with Crippen LogP contribution in [0.1, 0.15) is 56.9 Å². The molecule has 1 aromatic rings. The Hall–Kier alpha value is -1.31.